The standard InChI is InChI=1S/C24H29NO5/c1-16-11-17(2)21(13-18-5-6-20(28-3)14-23(18)29-4)22(12-16)24(27)25-9-7-19(8-10-25)30-15-26/h5-6,11-12,14-15,19H,7-10,13H2,1-4H3. The van der Waals surface area contributed by atoms with E-state index in [1.807, 2.05) is 43.0 Å². The van der Waals surface area contributed by atoms with E-state index in [-0.39, 0.29) is 12.0 Å². The van der Waals surface area contributed by atoms with E-state index in [4.69, 9.17) is 14.2 Å². The van der Waals surface area contributed by atoms with Crippen LogP contribution >= 0.6 is 0 Å². The van der Waals surface area contributed by atoms with Crippen molar-refractivity contribution in [1.29, 1.82) is 0 Å². The van der Waals surface area contributed by atoms with Gasteiger partial charge in [-0.3, -0.25) is 9.59 Å². The molecule has 2 aromatic rings. The Morgan fingerprint density at radius 3 is 2.47 bits per heavy atom. The van der Waals surface area contributed by atoms with E-state index in [1.165, 1.54) is 0 Å². The van der Waals surface area contributed by atoms with Crippen LogP contribution in [0.3, 0.4) is 0 Å². The van der Waals surface area contributed by atoms with Crippen LogP contribution in [0.1, 0.15) is 45.5 Å². The zero-order valence-corrected chi connectivity index (χ0v) is 18.1. The predicted molar refractivity (Wildman–Crippen MR) is 114 cm³/mol. The fourth-order valence-electron chi connectivity index (χ4n) is 4.06. The number of aryl methyl sites for hydroxylation is 2. The molecule has 1 aliphatic heterocycles. The van der Waals surface area contributed by atoms with Gasteiger partial charge in [-0.1, -0.05) is 17.7 Å². The zero-order chi connectivity index (χ0) is 21.7. The summed E-state index contributed by atoms with van der Waals surface area (Å²) in [5.41, 5.74) is 4.86. The molecule has 0 spiro atoms. The van der Waals surface area contributed by atoms with E-state index in [0.29, 0.717) is 38.8 Å². The Morgan fingerprint density at radius 2 is 1.83 bits per heavy atom. The summed E-state index contributed by atoms with van der Waals surface area (Å²) in [6, 6.07) is 9.81. The summed E-state index contributed by atoms with van der Waals surface area (Å²) in [7, 11) is 3.26. The van der Waals surface area contributed by atoms with Gasteiger partial charge in [0.15, 0.2) is 0 Å². The Labute approximate surface area is 177 Å². The van der Waals surface area contributed by atoms with E-state index in [9.17, 15) is 9.59 Å². The molecule has 0 N–H and O–H groups in total. The molecule has 0 saturated carbocycles. The first-order valence-corrected chi connectivity index (χ1v) is 10.2. The minimum atomic E-state index is -0.103. The third-order valence-corrected chi connectivity index (χ3v) is 5.69. The van der Waals surface area contributed by atoms with Crippen LogP contribution in [0.15, 0.2) is 30.3 Å². The molecule has 30 heavy (non-hydrogen) atoms. The van der Waals surface area contributed by atoms with E-state index in [0.717, 1.165) is 39.3 Å². The maximum atomic E-state index is 13.4. The van der Waals surface area contributed by atoms with E-state index in [1.54, 1.807) is 14.2 Å². The number of likely N-dealkylation sites (tertiary alicyclic amines) is 1. The molecule has 0 atom stereocenters. The van der Waals surface area contributed by atoms with Gasteiger partial charge in [-0.2, -0.15) is 0 Å². The van der Waals surface area contributed by atoms with Gasteiger partial charge in [0, 0.05) is 44.0 Å². The van der Waals surface area contributed by atoms with Crippen LogP contribution < -0.4 is 9.47 Å². The molecule has 0 bridgehead atoms. The summed E-state index contributed by atoms with van der Waals surface area (Å²) >= 11 is 0. The monoisotopic (exact) mass is 411 g/mol. The lowest BCUT2D eigenvalue weighted by Gasteiger charge is -2.31. The number of nitrogens with zero attached hydrogens (tertiary/aromatic N) is 1. The summed E-state index contributed by atoms with van der Waals surface area (Å²) < 4.78 is 15.9. The van der Waals surface area contributed by atoms with Crippen molar-refractivity contribution in [2.75, 3.05) is 27.3 Å². The van der Waals surface area contributed by atoms with E-state index < -0.39 is 0 Å². The first-order chi connectivity index (χ1) is 14.5. The topological polar surface area (TPSA) is 65.1 Å². The first-order valence-electron chi connectivity index (χ1n) is 10.2. The Hall–Kier alpha value is -3.02. The molecule has 0 unspecified atom stereocenters. The lowest BCUT2D eigenvalue weighted by atomic mass is 9.92. The maximum Gasteiger partial charge on any atom is 0.293 e. The minimum absolute atomic E-state index is 0.0221. The molecule has 0 radical (unpaired) electrons. The number of piperidine rings is 1. The quantitative estimate of drug-likeness (QED) is 0.650. The highest BCUT2D eigenvalue weighted by atomic mass is 16.5. The first kappa shape index (κ1) is 21.7. The van der Waals surface area contributed by atoms with Gasteiger partial charge in [0.2, 0.25) is 0 Å². The molecule has 0 aromatic heterocycles. The molecule has 6 nitrogen and oxygen atoms in total. The maximum absolute atomic E-state index is 13.4. The molecule has 1 fully saturated rings. The lowest BCUT2D eigenvalue weighted by Crippen LogP contribution is -2.41. The summed E-state index contributed by atoms with van der Waals surface area (Å²) in [5, 5.41) is 0. The number of carbonyl (C=O) groups is 2. The Bertz CT molecular complexity index is 916. The van der Waals surface area contributed by atoms with Crippen LogP contribution in [0, 0.1) is 13.8 Å². The fourth-order valence-corrected chi connectivity index (χ4v) is 4.06. The third kappa shape index (κ3) is 4.75. The predicted octanol–water partition coefficient (Wildman–Crippen LogP) is 3.69. The minimum Gasteiger partial charge on any atom is -0.497 e. The second kappa shape index (κ2) is 9.65. The Balaban J connectivity index is 1.90. The lowest BCUT2D eigenvalue weighted by molar-refractivity contribution is -0.135. The number of amides is 1. The number of rotatable bonds is 7. The van der Waals surface area contributed by atoms with Crippen molar-refractivity contribution in [3.8, 4) is 11.5 Å². The molecule has 1 aliphatic rings. The van der Waals surface area contributed by atoms with Crippen molar-refractivity contribution < 1.29 is 23.8 Å². The second-order valence-corrected chi connectivity index (χ2v) is 7.69. The fraction of sp³-hybridized carbons (Fsp3) is 0.417. The van der Waals surface area contributed by atoms with Crippen molar-refractivity contribution in [3.05, 3.63) is 58.1 Å². The molecule has 6 heteroatoms. The molecular weight excluding hydrogens is 382 g/mol. The number of ether oxygens (including phenoxy) is 3. The highest BCUT2D eigenvalue weighted by Gasteiger charge is 2.26. The van der Waals surface area contributed by atoms with Gasteiger partial charge in [-0.25, -0.2) is 0 Å². The number of carbonyl (C=O) groups excluding carboxylic acids is 2. The third-order valence-electron chi connectivity index (χ3n) is 5.69. The van der Waals surface area contributed by atoms with Gasteiger partial charge < -0.3 is 19.1 Å². The molecule has 160 valence electrons. The Morgan fingerprint density at radius 1 is 1.10 bits per heavy atom. The van der Waals surface area contributed by atoms with Gasteiger partial charge >= 0.3 is 0 Å². The number of benzene rings is 2. The number of hydrogen-bond donors (Lipinski definition) is 0. The van der Waals surface area contributed by atoms with E-state index >= 15 is 0 Å². The van der Waals surface area contributed by atoms with Crippen molar-refractivity contribution in [2.45, 2.75) is 39.2 Å². The summed E-state index contributed by atoms with van der Waals surface area (Å²) in [6.07, 6.45) is 1.81. The highest BCUT2D eigenvalue weighted by molar-refractivity contribution is 5.96. The largest absolute Gasteiger partial charge is 0.497 e. The van der Waals surface area contributed by atoms with Crippen LogP contribution in [0.4, 0.5) is 0 Å². The van der Waals surface area contributed by atoms with Crippen molar-refractivity contribution in [3.63, 3.8) is 0 Å². The normalized spacial score (nSPS) is 14.3. The van der Waals surface area contributed by atoms with Gasteiger partial charge in [-0.15, -0.1) is 0 Å². The zero-order valence-electron chi connectivity index (χ0n) is 18.1. The smallest absolute Gasteiger partial charge is 0.293 e. The highest BCUT2D eigenvalue weighted by Crippen LogP contribution is 2.30. The van der Waals surface area contributed by atoms with Gasteiger partial charge in [0.05, 0.1) is 14.2 Å². The number of methoxy groups -OCH3 is 2. The molecule has 2 aromatic carbocycles. The summed E-state index contributed by atoms with van der Waals surface area (Å²) in [4.78, 5) is 25.8. The average Bonchev–Trinajstić information content (AvgIpc) is 2.75. The molecule has 1 saturated heterocycles. The van der Waals surface area contributed by atoms with Crippen LogP contribution in [0.5, 0.6) is 11.5 Å². The average molecular weight is 411 g/mol. The van der Waals surface area contributed by atoms with Gasteiger partial charge in [0.1, 0.15) is 17.6 Å². The second-order valence-electron chi connectivity index (χ2n) is 7.69. The Kier molecular flexibility index (Phi) is 6.98. The molecular formula is C24H29NO5. The molecule has 1 heterocycles. The summed E-state index contributed by atoms with van der Waals surface area (Å²) in [5.74, 6) is 1.49. The van der Waals surface area contributed by atoms with Crippen LogP contribution in [0.2, 0.25) is 0 Å². The van der Waals surface area contributed by atoms with Crippen molar-refractivity contribution in [2.24, 2.45) is 0 Å². The van der Waals surface area contributed by atoms with Crippen molar-refractivity contribution >= 4 is 12.4 Å². The van der Waals surface area contributed by atoms with Crippen LogP contribution in [0.25, 0.3) is 0 Å². The van der Waals surface area contributed by atoms with Crippen LogP contribution in [-0.2, 0) is 16.0 Å². The molecule has 0 aliphatic carbocycles. The SMILES string of the molecule is COc1ccc(Cc2c(C)cc(C)cc2C(=O)N2CCC(OC=O)CC2)c(OC)c1. The van der Waals surface area contributed by atoms with Crippen LogP contribution in [-0.4, -0.2) is 50.7 Å². The molecule has 3 rings (SSSR count). The van der Waals surface area contributed by atoms with Gasteiger partial charge in [0.25, 0.3) is 12.4 Å². The number of hydrogen-bond acceptors (Lipinski definition) is 5. The molecule has 1 amide bonds. The van der Waals surface area contributed by atoms with Crippen molar-refractivity contribution in [1.82, 2.24) is 4.90 Å². The van der Waals surface area contributed by atoms with E-state index in [2.05, 4.69) is 6.07 Å². The summed E-state index contributed by atoms with van der Waals surface area (Å²) in [6.45, 7) is 5.70. The van der Waals surface area contributed by atoms with Gasteiger partial charge in [-0.05, 0) is 42.7 Å².